The van der Waals surface area contributed by atoms with Gasteiger partial charge in [-0.2, -0.15) is 0 Å². The van der Waals surface area contributed by atoms with E-state index < -0.39 is 12.1 Å². The number of unbranched alkanes of at least 4 members (excludes halogenated alkanes) is 1. The Morgan fingerprint density at radius 3 is 2.67 bits per heavy atom. The molecular formula is C7H13N2O3. The van der Waals surface area contributed by atoms with Crippen LogP contribution >= 0.6 is 0 Å². The van der Waals surface area contributed by atoms with Crippen molar-refractivity contribution in [2.45, 2.75) is 19.8 Å². The van der Waals surface area contributed by atoms with Crippen LogP contribution in [0.2, 0.25) is 0 Å². The zero-order valence-electron chi connectivity index (χ0n) is 7.29. The van der Waals surface area contributed by atoms with Gasteiger partial charge < -0.3 is 10.1 Å². The zero-order chi connectivity index (χ0) is 9.40. The number of ether oxygens (including phenoxy) is 1. The van der Waals surface area contributed by atoms with Gasteiger partial charge in [0.1, 0.15) is 0 Å². The molecule has 0 saturated carbocycles. The Balaban J connectivity index is 3.40. The van der Waals surface area contributed by atoms with Crippen molar-refractivity contribution in [2.24, 2.45) is 0 Å². The Morgan fingerprint density at radius 1 is 1.50 bits per heavy atom. The maximum absolute atomic E-state index is 10.7. The predicted octanol–water partition coefficient (Wildman–Crippen LogP) is 0.867. The number of methoxy groups -OCH3 is 1. The van der Waals surface area contributed by atoms with Gasteiger partial charge in [0.2, 0.25) is 0 Å². The molecule has 69 valence electrons. The second kappa shape index (κ2) is 6.45. The molecule has 1 radical (unpaired) electrons. The third-order valence-electron chi connectivity index (χ3n) is 1.17. The number of nitrogens with one attached hydrogen (secondary N) is 1. The topological polar surface area (TPSA) is 69.5 Å². The first-order chi connectivity index (χ1) is 5.70. The van der Waals surface area contributed by atoms with Gasteiger partial charge in [-0.1, -0.05) is 13.3 Å². The molecule has 0 aliphatic carbocycles. The van der Waals surface area contributed by atoms with E-state index in [0.29, 0.717) is 6.54 Å². The highest BCUT2D eigenvalue weighted by atomic mass is 16.5. The molecule has 0 aromatic heterocycles. The van der Waals surface area contributed by atoms with Gasteiger partial charge >= 0.3 is 12.1 Å². The van der Waals surface area contributed by atoms with Crippen LogP contribution in [0.4, 0.5) is 9.59 Å². The summed E-state index contributed by atoms with van der Waals surface area (Å²) in [5.41, 5.74) is 0. The van der Waals surface area contributed by atoms with E-state index in [1.807, 2.05) is 6.92 Å². The van der Waals surface area contributed by atoms with Crippen LogP contribution in [0.3, 0.4) is 0 Å². The molecule has 0 saturated heterocycles. The molecule has 0 aliphatic rings. The number of carbonyl (C=O) groups excluding carboxylic acids is 2. The molecule has 0 aliphatic heterocycles. The average Bonchev–Trinajstić information content (AvgIpc) is 2.05. The van der Waals surface area contributed by atoms with Gasteiger partial charge in [-0.25, -0.2) is 9.59 Å². The summed E-state index contributed by atoms with van der Waals surface area (Å²) < 4.78 is 4.16. The summed E-state index contributed by atoms with van der Waals surface area (Å²) in [5, 5.41) is 5.50. The lowest BCUT2D eigenvalue weighted by molar-refractivity contribution is 0.169. The summed E-state index contributed by atoms with van der Waals surface area (Å²) >= 11 is 0. The molecule has 0 fully saturated rings. The van der Waals surface area contributed by atoms with Crippen LogP contribution in [-0.2, 0) is 4.74 Å². The van der Waals surface area contributed by atoms with Gasteiger partial charge in [0.25, 0.3) is 0 Å². The van der Waals surface area contributed by atoms with E-state index in [1.165, 1.54) is 7.11 Å². The van der Waals surface area contributed by atoms with Crippen LogP contribution < -0.4 is 10.6 Å². The lowest BCUT2D eigenvalue weighted by Crippen LogP contribution is -2.34. The molecule has 0 spiro atoms. The van der Waals surface area contributed by atoms with E-state index >= 15 is 0 Å². The van der Waals surface area contributed by atoms with Gasteiger partial charge in [-0.15, -0.1) is 5.32 Å². The van der Waals surface area contributed by atoms with Crippen molar-refractivity contribution in [3.05, 3.63) is 0 Å². The van der Waals surface area contributed by atoms with Crippen molar-refractivity contribution < 1.29 is 14.3 Å². The fraction of sp³-hybridized carbons (Fsp3) is 0.714. The Labute approximate surface area is 71.5 Å². The van der Waals surface area contributed by atoms with Gasteiger partial charge in [-0.05, 0) is 6.42 Å². The number of amides is 3. The molecule has 0 rings (SSSR count). The lowest BCUT2D eigenvalue weighted by Gasteiger charge is -2.01. The monoisotopic (exact) mass is 173 g/mol. The Kier molecular flexibility index (Phi) is 5.77. The molecule has 12 heavy (non-hydrogen) atoms. The number of imide groups is 1. The number of hydrogen-bond donors (Lipinski definition) is 1. The van der Waals surface area contributed by atoms with Crippen molar-refractivity contribution in [3.8, 4) is 0 Å². The average molecular weight is 173 g/mol. The molecule has 0 heterocycles. The fourth-order valence-corrected chi connectivity index (χ4v) is 0.540. The van der Waals surface area contributed by atoms with Gasteiger partial charge in [0.15, 0.2) is 0 Å². The Bertz CT molecular complexity index is 159. The minimum atomic E-state index is -0.871. The first-order valence-electron chi connectivity index (χ1n) is 3.78. The van der Waals surface area contributed by atoms with Crippen LogP contribution in [0.1, 0.15) is 19.8 Å². The summed E-state index contributed by atoms with van der Waals surface area (Å²) in [4.78, 5) is 21.1. The van der Waals surface area contributed by atoms with Crippen LogP contribution in [-0.4, -0.2) is 25.8 Å². The predicted molar refractivity (Wildman–Crippen MR) is 42.8 cm³/mol. The second-order valence-corrected chi connectivity index (χ2v) is 2.17. The van der Waals surface area contributed by atoms with Crippen molar-refractivity contribution in [2.75, 3.05) is 13.7 Å². The smallest absolute Gasteiger partial charge is 0.438 e. The van der Waals surface area contributed by atoms with Crippen molar-refractivity contribution in [3.63, 3.8) is 0 Å². The van der Waals surface area contributed by atoms with E-state index in [9.17, 15) is 9.59 Å². The molecule has 1 N–H and O–H groups in total. The molecule has 5 nitrogen and oxygen atoms in total. The second-order valence-electron chi connectivity index (χ2n) is 2.17. The van der Waals surface area contributed by atoms with E-state index in [4.69, 9.17) is 0 Å². The molecule has 0 aromatic carbocycles. The maximum atomic E-state index is 10.7. The number of urea groups is 1. The SMILES string of the molecule is CCCCNC(=O)[N]C(=O)OC. The number of carbonyl (C=O) groups is 2. The van der Waals surface area contributed by atoms with Crippen molar-refractivity contribution in [1.29, 1.82) is 0 Å². The van der Waals surface area contributed by atoms with Crippen LogP contribution in [0, 0.1) is 0 Å². The summed E-state index contributed by atoms with van der Waals surface area (Å²) in [6.07, 6.45) is 0.991. The number of hydrogen-bond acceptors (Lipinski definition) is 3. The lowest BCUT2D eigenvalue weighted by atomic mass is 10.3. The van der Waals surface area contributed by atoms with Crippen LogP contribution in [0.15, 0.2) is 0 Å². The molecule has 0 atom stereocenters. The van der Waals surface area contributed by atoms with E-state index in [1.54, 1.807) is 0 Å². The number of nitrogens with zero attached hydrogens (tertiary/aromatic N) is 1. The quantitative estimate of drug-likeness (QED) is 0.643. The van der Waals surface area contributed by atoms with Crippen molar-refractivity contribution in [1.82, 2.24) is 10.6 Å². The molecule has 0 bridgehead atoms. The highest BCUT2D eigenvalue weighted by molar-refractivity contribution is 5.90. The largest absolute Gasteiger partial charge is 0.451 e. The van der Waals surface area contributed by atoms with Crippen LogP contribution in [0.5, 0.6) is 0 Å². The number of rotatable bonds is 3. The van der Waals surface area contributed by atoms with Gasteiger partial charge in [0.05, 0.1) is 7.11 Å². The third-order valence-corrected chi connectivity index (χ3v) is 1.17. The minimum Gasteiger partial charge on any atom is -0.451 e. The minimum absolute atomic E-state index is 0.538. The Hall–Kier alpha value is -1.26. The van der Waals surface area contributed by atoms with Gasteiger partial charge in [-0.3, -0.25) is 0 Å². The first-order valence-corrected chi connectivity index (χ1v) is 3.78. The van der Waals surface area contributed by atoms with E-state index in [0.717, 1.165) is 12.8 Å². The molecule has 3 amide bonds. The molecular weight excluding hydrogens is 160 g/mol. The maximum Gasteiger partial charge on any atom is 0.438 e. The standard InChI is InChI=1S/C7H13N2O3/c1-3-4-5-8-6(10)9-7(11)12-2/h3-5H2,1-2H3,(H,8,10). The third kappa shape index (κ3) is 5.52. The fourth-order valence-electron chi connectivity index (χ4n) is 0.540. The van der Waals surface area contributed by atoms with E-state index in [2.05, 4.69) is 15.4 Å². The molecule has 0 aromatic rings. The van der Waals surface area contributed by atoms with Crippen molar-refractivity contribution >= 4 is 12.1 Å². The normalized spacial score (nSPS) is 8.83. The van der Waals surface area contributed by atoms with Crippen LogP contribution in [0.25, 0.3) is 0 Å². The summed E-state index contributed by atoms with van der Waals surface area (Å²) in [5.74, 6) is 0. The summed E-state index contributed by atoms with van der Waals surface area (Å²) in [6, 6.07) is -0.643. The Morgan fingerprint density at radius 2 is 2.17 bits per heavy atom. The first kappa shape index (κ1) is 10.7. The highest BCUT2D eigenvalue weighted by Crippen LogP contribution is 1.82. The summed E-state index contributed by atoms with van der Waals surface area (Å²) in [6.45, 7) is 2.54. The zero-order valence-corrected chi connectivity index (χ0v) is 7.29. The highest BCUT2D eigenvalue weighted by Gasteiger charge is 2.07. The summed E-state index contributed by atoms with van der Waals surface area (Å²) in [7, 11) is 1.17. The van der Waals surface area contributed by atoms with Gasteiger partial charge in [0, 0.05) is 6.54 Å². The molecule has 0 unspecified atom stereocenters. The molecule has 5 heteroatoms. The van der Waals surface area contributed by atoms with E-state index in [-0.39, 0.29) is 0 Å².